The molecule has 0 aromatic carbocycles. The molecule has 5 nitrogen and oxygen atoms in total. The van der Waals surface area contributed by atoms with Crippen molar-refractivity contribution < 1.29 is 13.8 Å². The number of rotatable bonds is 7. The Hall–Kier alpha value is -0.560. The molecular weight excluding hydrogens is 248 g/mol. The van der Waals surface area contributed by atoms with Crippen LogP contribution in [-0.2, 0) is 20.4 Å². The molecule has 0 radical (unpaired) electrons. The zero-order valence-corrected chi connectivity index (χ0v) is 11.2. The molecule has 0 saturated heterocycles. The quantitative estimate of drug-likeness (QED) is 0.421. The summed E-state index contributed by atoms with van der Waals surface area (Å²) in [4.78, 5) is 22.3. The Balaban J connectivity index is 3.84. The number of carbonyl (C=O) groups excluding carboxylic acids is 2. The van der Waals surface area contributed by atoms with Gasteiger partial charge in [-0.25, -0.2) is 0 Å². The van der Waals surface area contributed by atoms with Gasteiger partial charge in [-0.2, -0.15) is 12.6 Å². The maximum Gasteiger partial charge on any atom is 0.243 e. The molecule has 0 bridgehead atoms. The fourth-order valence-corrected chi connectivity index (χ4v) is 1.86. The van der Waals surface area contributed by atoms with Gasteiger partial charge in [0, 0.05) is 42.0 Å². The molecule has 0 rings (SSSR count). The van der Waals surface area contributed by atoms with Crippen LogP contribution in [0.1, 0.15) is 13.3 Å². The van der Waals surface area contributed by atoms with Crippen LogP contribution in [0.3, 0.4) is 0 Å². The van der Waals surface area contributed by atoms with E-state index in [4.69, 9.17) is 0 Å². The van der Waals surface area contributed by atoms with E-state index in [0.717, 1.165) is 0 Å². The van der Waals surface area contributed by atoms with E-state index in [9.17, 15) is 13.8 Å². The second-order valence-corrected chi connectivity index (χ2v) is 5.28. The van der Waals surface area contributed by atoms with Crippen molar-refractivity contribution >= 4 is 35.2 Å². The van der Waals surface area contributed by atoms with Gasteiger partial charge in [-0.1, -0.05) is 0 Å². The van der Waals surface area contributed by atoms with E-state index in [1.807, 2.05) is 0 Å². The number of amides is 2. The summed E-state index contributed by atoms with van der Waals surface area (Å²) in [5, 5.41) is 5.15. The molecule has 0 saturated carbocycles. The van der Waals surface area contributed by atoms with Gasteiger partial charge in [-0.05, 0) is 6.42 Å². The smallest absolute Gasteiger partial charge is 0.243 e. The summed E-state index contributed by atoms with van der Waals surface area (Å²) >= 11 is 3.98. The average Bonchev–Trinajstić information content (AvgIpc) is 2.20. The highest BCUT2D eigenvalue weighted by Crippen LogP contribution is 1.89. The number of hydrogen-bond donors (Lipinski definition) is 3. The highest BCUT2D eigenvalue weighted by molar-refractivity contribution is 7.84. The molecular formula is C9H18N2O3S2. The lowest BCUT2D eigenvalue weighted by Crippen LogP contribution is -2.47. The van der Waals surface area contributed by atoms with Crippen molar-refractivity contribution in [3.8, 4) is 0 Å². The molecule has 2 N–H and O–H groups in total. The maximum absolute atomic E-state index is 11.5. The third kappa shape index (κ3) is 7.70. The molecule has 2 atom stereocenters. The van der Waals surface area contributed by atoms with Crippen LogP contribution in [0.15, 0.2) is 0 Å². The Morgan fingerprint density at radius 1 is 1.44 bits per heavy atom. The summed E-state index contributed by atoms with van der Waals surface area (Å²) in [7, 11) is -0.838. The maximum atomic E-state index is 11.5. The molecule has 7 heteroatoms. The first-order valence-electron chi connectivity index (χ1n) is 4.93. The van der Waals surface area contributed by atoms with Crippen LogP contribution in [0.4, 0.5) is 0 Å². The van der Waals surface area contributed by atoms with Crippen molar-refractivity contribution in [3.63, 3.8) is 0 Å². The van der Waals surface area contributed by atoms with Gasteiger partial charge < -0.3 is 10.6 Å². The Labute approximate surface area is 104 Å². The van der Waals surface area contributed by atoms with Crippen molar-refractivity contribution in [2.75, 3.05) is 24.3 Å². The first kappa shape index (κ1) is 15.4. The highest BCUT2D eigenvalue weighted by atomic mass is 32.2. The first-order valence-corrected chi connectivity index (χ1v) is 7.29. The van der Waals surface area contributed by atoms with Gasteiger partial charge >= 0.3 is 0 Å². The lowest BCUT2D eigenvalue weighted by Gasteiger charge is -2.14. The van der Waals surface area contributed by atoms with E-state index in [2.05, 4.69) is 23.3 Å². The monoisotopic (exact) mass is 266 g/mol. The lowest BCUT2D eigenvalue weighted by atomic mass is 10.3. The zero-order valence-electron chi connectivity index (χ0n) is 9.49. The van der Waals surface area contributed by atoms with Crippen molar-refractivity contribution in [1.29, 1.82) is 0 Å². The molecule has 0 aliphatic carbocycles. The SMILES string of the molecule is CC(=O)NC(CS)C(=O)NCCCS(C)=O. The Kier molecular flexibility index (Phi) is 8.28. The van der Waals surface area contributed by atoms with Crippen LogP contribution in [0.5, 0.6) is 0 Å². The van der Waals surface area contributed by atoms with Crippen LogP contribution in [-0.4, -0.2) is 46.4 Å². The fourth-order valence-electron chi connectivity index (χ4n) is 1.05. The topological polar surface area (TPSA) is 75.3 Å². The highest BCUT2D eigenvalue weighted by Gasteiger charge is 2.16. The van der Waals surface area contributed by atoms with Crippen LogP contribution < -0.4 is 10.6 Å². The normalized spacial score (nSPS) is 13.9. The van der Waals surface area contributed by atoms with Crippen LogP contribution in [0.25, 0.3) is 0 Å². The molecule has 16 heavy (non-hydrogen) atoms. The van der Waals surface area contributed by atoms with Gasteiger partial charge in [0.15, 0.2) is 0 Å². The largest absolute Gasteiger partial charge is 0.354 e. The summed E-state index contributed by atoms with van der Waals surface area (Å²) in [6.45, 7) is 1.81. The summed E-state index contributed by atoms with van der Waals surface area (Å²) in [5.41, 5.74) is 0. The predicted octanol–water partition coefficient (Wildman–Crippen LogP) is -0.694. The molecule has 2 amide bonds. The number of thiol groups is 1. The third-order valence-electron chi connectivity index (χ3n) is 1.78. The Morgan fingerprint density at radius 3 is 2.50 bits per heavy atom. The van der Waals surface area contributed by atoms with E-state index in [1.165, 1.54) is 6.92 Å². The van der Waals surface area contributed by atoms with E-state index >= 15 is 0 Å². The van der Waals surface area contributed by atoms with E-state index in [1.54, 1.807) is 6.26 Å². The summed E-state index contributed by atoms with van der Waals surface area (Å²) < 4.78 is 10.8. The van der Waals surface area contributed by atoms with E-state index in [0.29, 0.717) is 18.7 Å². The Bertz CT molecular complexity index is 271. The second-order valence-electron chi connectivity index (χ2n) is 3.36. The molecule has 0 heterocycles. The zero-order chi connectivity index (χ0) is 12.6. The van der Waals surface area contributed by atoms with E-state index < -0.39 is 16.8 Å². The van der Waals surface area contributed by atoms with Crippen molar-refractivity contribution in [3.05, 3.63) is 0 Å². The predicted molar refractivity (Wildman–Crippen MR) is 68.0 cm³/mol. The van der Waals surface area contributed by atoms with Crippen LogP contribution in [0.2, 0.25) is 0 Å². The van der Waals surface area contributed by atoms with Crippen LogP contribution >= 0.6 is 12.6 Å². The van der Waals surface area contributed by atoms with Crippen LogP contribution in [0, 0.1) is 0 Å². The summed E-state index contributed by atoms with van der Waals surface area (Å²) in [5.74, 6) is 0.299. The minimum absolute atomic E-state index is 0.255. The van der Waals surface area contributed by atoms with Gasteiger partial charge in [0.25, 0.3) is 0 Å². The van der Waals surface area contributed by atoms with Gasteiger partial charge in [0.1, 0.15) is 6.04 Å². The fraction of sp³-hybridized carbons (Fsp3) is 0.778. The standard InChI is InChI=1S/C9H18N2O3S2/c1-7(12)11-8(6-15)9(13)10-4-3-5-16(2)14/h8,15H,3-6H2,1-2H3,(H,10,13)(H,11,12). The molecule has 0 fully saturated rings. The number of nitrogens with one attached hydrogen (secondary N) is 2. The molecule has 2 unspecified atom stereocenters. The lowest BCUT2D eigenvalue weighted by molar-refractivity contribution is -0.127. The van der Waals surface area contributed by atoms with Gasteiger partial charge in [0.05, 0.1) is 0 Å². The van der Waals surface area contributed by atoms with Crippen molar-refractivity contribution in [2.24, 2.45) is 0 Å². The third-order valence-corrected chi connectivity index (χ3v) is 3.01. The second kappa shape index (κ2) is 8.58. The molecule has 0 aliphatic heterocycles. The minimum Gasteiger partial charge on any atom is -0.354 e. The number of carbonyl (C=O) groups is 2. The summed E-state index contributed by atoms with van der Waals surface area (Å²) in [6.07, 6.45) is 2.28. The number of hydrogen-bond acceptors (Lipinski definition) is 4. The molecule has 0 spiro atoms. The first-order chi connectivity index (χ1) is 7.47. The molecule has 94 valence electrons. The average molecular weight is 266 g/mol. The van der Waals surface area contributed by atoms with Gasteiger partial charge in [0.2, 0.25) is 11.8 Å². The Morgan fingerprint density at radius 2 is 2.06 bits per heavy atom. The van der Waals surface area contributed by atoms with Gasteiger partial charge in [-0.15, -0.1) is 0 Å². The van der Waals surface area contributed by atoms with Crippen molar-refractivity contribution in [1.82, 2.24) is 10.6 Å². The van der Waals surface area contributed by atoms with Crippen molar-refractivity contribution in [2.45, 2.75) is 19.4 Å². The minimum atomic E-state index is -0.838. The summed E-state index contributed by atoms with van der Waals surface area (Å²) in [6, 6.07) is -0.604. The molecule has 0 aromatic heterocycles. The molecule has 0 aliphatic rings. The van der Waals surface area contributed by atoms with E-state index in [-0.39, 0.29) is 17.6 Å². The molecule has 0 aromatic rings. The van der Waals surface area contributed by atoms with Gasteiger partial charge in [-0.3, -0.25) is 13.8 Å².